The van der Waals surface area contributed by atoms with Crippen molar-refractivity contribution in [3.63, 3.8) is 0 Å². The first kappa shape index (κ1) is 16.4. The Balaban J connectivity index is 1.54. The SMILES string of the molecule is CCc1nsc(N2CCCN(C(=O)N[C@@H]3CCO[C@@H]3C)CC2)n1. The molecule has 2 aliphatic rings. The maximum Gasteiger partial charge on any atom is 0.317 e. The smallest absolute Gasteiger partial charge is 0.317 e. The van der Waals surface area contributed by atoms with E-state index in [-0.39, 0.29) is 18.2 Å². The van der Waals surface area contributed by atoms with Crippen LogP contribution in [0.4, 0.5) is 9.93 Å². The number of nitrogens with one attached hydrogen (secondary N) is 1. The van der Waals surface area contributed by atoms with E-state index >= 15 is 0 Å². The molecule has 0 bridgehead atoms. The van der Waals surface area contributed by atoms with E-state index in [1.165, 1.54) is 11.5 Å². The first-order valence-electron chi connectivity index (χ1n) is 8.42. The molecule has 7 nitrogen and oxygen atoms in total. The molecule has 3 heterocycles. The Morgan fingerprint density at radius 2 is 2.26 bits per heavy atom. The molecule has 0 aliphatic carbocycles. The fourth-order valence-electron chi connectivity index (χ4n) is 3.00. The third-order valence-electron chi connectivity index (χ3n) is 4.51. The van der Waals surface area contributed by atoms with Crippen LogP contribution in [-0.4, -0.2) is 65.2 Å². The van der Waals surface area contributed by atoms with Gasteiger partial charge in [0.25, 0.3) is 0 Å². The third kappa shape index (κ3) is 3.92. The number of nitrogens with zero attached hydrogens (tertiary/aromatic N) is 4. The molecule has 2 atom stereocenters. The predicted octanol–water partition coefficient (Wildman–Crippen LogP) is 1.50. The second-order valence-electron chi connectivity index (χ2n) is 6.09. The van der Waals surface area contributed by atoms with Gasteiger partial charge in [-0.1, -0.05) is 6.92 Å². The summed E-state index contributed by atoms with van der Waals surface area (Å²) in [7, 11) is 0. The molecule has 1 N–H and O–H groups in total. The van der Waals surface area contributed by atoms with Crippen LogP contribution in [0.1, 0.15) is 32.5 Å². The molecule has 0 unspecified atom stereocenters. The van der Waals surface area contributed by atoms with Crippen molar-refractivity contribution in [2.75, 3.05) is 37.7 Å². The Morgan fingerprint density at radius 1 is 1.39 bits per heavy atom. The molecule has 2 amide bonds. The number of ether oxygens (including phenoxy) is 1. The van der Waals surface area contributed by atoms with Gasteiger partial charge in [-0.15, -0.1) is 0 Å². The molecule has 0 saturated carbocycles. The standard InChI is InChI=1S/C15H25N5O2S/c1-3-13-17-15(23-18-13)20-7-4-6-19(8-9-20)14(21)16-12-5-10-22-11(12)2/h11-12H,3-10H2,1-2H3,(H,16,21)/t11-,12-/m1/s1. The first-order chi connectivity index (χ1) is 11.2. The molecule has 1 aromatic rings. The van der Waals surface area contributed by atoms with Gasteiger partial charge in [0.05, 0.1) is 12.1 Å². The number of hydrogen-bond donors (Lipinski definition) is 1. The van der Waals surface area contributed by atoms with Crippen LogP contribution < -0.4 is 10.2 Å². The van der Waals surface area contributed by atoms with Gasteiger partial charge in [0.15, 0.2) is 0 Å². The van der Waals surface area contributed by atoms with Crippen LogP contribution in [0.15, 0.2) is 0 Å². The number of amides is 2. The maximum atomic E-state index is 12.5. The third-order valence-corrected chi connectivity index (χ3v) is 5.33. The highest BCUT2D eigenvalue weighted by Gasteiger charge is 2.28. The van der Waals surface area contributed by atoms with Crippen LogP contribution in [0.3, 0.4) is 0 Å². The van der Waals surface area contributed by atoms with Gasteiger partial charge in [-0.2, -0.15) is 4.37 Å². The van der Waals surface area contributed by atoms with Crippen LogP contribution in [0.5, 0.6) is 0 Å². The molecular weight excluding hydrogens is 314 g/mol. The van der Waals surface area contributed by atoms with E-state index in [0.29, 0.717) is 0 Å². The lowest BCUT2D eigenvalue weighted by Gasteiger charge is -2.25. The topological polar surface area (TPSA) is 70.6 Å². The Kier molecular flexibility index (Phi) is 5.32. The summed E-state index contributed by atoms with van der Waals surface area (Å²) in [6, 6.07) is 0.165. The Hall–Kier alpha value is -1.41. The van der Waals surface area contributed by atoms with Gasteiger partial charge >= 0.3 is 6.03 Å². The van der Waals surface area contributed by atoms with Crippen molar-refractivity contribution in [3.05, 3.63) is 5.82 Å². The lowest BCUT2D eigenvalue weighted by molar-refractivity contribution is 0.112. The van der Waals surface area contributed by atoms with E-state index in [1.807, 2.05) is 11.8 Å². The van der Waals surface area contributed by atoms with Crippen molar-refractivity contribution in [2.24, 2.45) is 0 Å². The minimum absolute atomic E-state index is 0.0284. The van der Waals surface area contributed by atoms with Gasteiger partial charge in [-0.25, -0.2) is 9.78 Å². The highest BCUT2D eigenvalue weighted by atomic mass is 32.1. The Morgan fingerprint density at radius 3 is 2.96 bits per heavy atom. The van der Waals surface area contributed by atoms with E-state index in [9.17, 15) is 4.79 Å². The number of anilines is 1. The molecule has 23 heavy (non-hydrogen) atoms. The van der Waals surface area contributed by atoms with E-state index in [1.54, 1.807) is 0 Å². The molecule has 2 fully saturated rings. The number of carbonyl (C=O) groups excluding carboxylic acids is 1. The largest absolute Gasteiger partial charge is 0.376 e. The zero-order valence-electron chi connectivity index (χ0n) is 13.8. The minimum atomic E-state index is 0.0284. The average Bonchev–Trinajstić information content (AvgIpc) is 3.10. The average molecular weight is 339 g/mol. The molecule has 2 saturated heterocycles. The van der Waals surface area contributed by atoms with Crippen molar-refractivity contribution < 1.29 is 9.53 Å². The number of carbonyl (C=O) groups is 1. The number of hydrogen-bond acceptors (Lipinski definition) is 6. The fraction of sp³-hybridized carbons (Fsp3) is 0.800. The van der Waals surface area contributed by atoms with Gasteiger partial charge in [-0.05, 0) is 19.8 Å². The van der Waals surface area contributed by atoms with Gasteiger partial charge in [0, 0.05) is 50.7 Å². The van der Waals surface area contributed by atoms with Crippen molar-refractivity contribution in [3.8, 4) is 0 Å². The van der Waals surface area contributed by atoms with Crippen molar-refractivity contribution in [1.82, 2.24) is 19.6 Å². The van der Waals surface area contributed by atoms with Crippen LogP contribution in [0.25, 0.3) is 0 Å². The highest BCUT2D eigenvalue weighted by molar-refractivity contribution is 7.09. The number of rotatable bonds is 3. The van der Waals surface area contributed by atoms with E-state index in [2.05, 4.69) is 26.5 Å². The molecule has 8 heteroatoms. The van der Waals surface area contributed by atoms with Gasteiger partial charge in [0.1, 0.15) is 5.82 Å². The lowest BCUT2D eigenvalue weighted by Crippen LogP contribution is -2.48. The molecule has 3 rings (SSSR count). The predicted molar refractivity (Wildman–Crippen MR) is 90.0 cm³/mol. The van der Waals surface area contributed by atoms with Gasteiger partial charge in [-0.3, -0.25) is 0 Å². The highest BCUT2D eigenvalue weighted by Crippen LogP contribution is 2.19. The second-order valence-corrected chi connectivity index (χ2v) is 6.83. The van der Waals surface area contributed by atoms with Crippen molar-refractivity contribution >= 4 is 22.7 Å². The molecule has 2 aliphatic heterocycles. The summed E-state index contributed by atoms with van der Waals surface area (Å²) in [5.41, 5.74) is 0. The van der Waals surface area contributed by atoms with Crippen molar-refractivity contribution in [1.29, 1.82) is 0 Å². The second kappa shape index (κ2) is 7.44. The number of urea groups is 1. The van der Waals surface area contributed by atoms with Crippen LogP contribution in [0, 0.1) is 0 Å². The molecule has 128 valence electrons. The molecule has 0 radical (unpaired) electrons. The monoisotopic (exact) mass is 339 g/mol. The minimum Gasteiger partial charge on any atom is -0.376 e. The zero-order valence-corrected chi connectivity index (χ0v) is 14.6. The first-order valence-corrected chi connectivity index (χ1v) is 9.19. The molecular formula is C15H25N5O2S. The summed E-state index contributed by atoms with van der Waals surface area (Å²) in [5, 5.41) is 4.09. The summed E-state index contributed by atoms with van der Waals surface area (Å²) in [5.74, 6) is 0.902. The summed E-state index contributed by atoms with van der Waals surface area (Å²) < 4.78 is 9.86. The van der Waals surface area contributed by atoms with E-state index in [0.717, 1.165) is 63.0 Å². The molecule has 1 aromatic heterocycles. The van der Waals surface area contributed by atoms with Gasteiger partial charge < -0.3 is 19.9 Å². The zero-order chi connectivity index (χ0) is 16.2. The van der Waals surface area contributed by atoms with E-state index in [4.69, 9.17) is 4.74 Å². The summed E-state index contributed by atoms with van der Waals surface area (Å²) in [4.78, 5) is 21.2. The van der Waals surface area contributed by atoms with Crippen LogP contribution >= 0.6 is 11.5 Å². The van der Waals surface area contributed by atoms with Crippen molar-refractivity contribution in [2.45, 2.75) is 45.3 Å². The summed E-state index contributed by atoms with van der Waals surface area (Å²) in [6.07, 6.45) is 2.82. The molecule has 0 spiro atoms. The summed E-state index contributed by atoms with van der Waals surface area (Å²) in [6.45, 7) is 8.04. The normalized spacial score (nSPS) is 25.5. The maximum absolute atomic E-state index is 12.5. The number of aryl methyl sites for hydroxylation is 1. The van der Waals surface area contributed by atoms with Gasteiger partial charge in [0.2, 0.25) is 5.13 Å². The summed E-state index contributed by atoms with van der Waals surface area (Å²) >= 11 is 1.46. The lowest BCUT2D eigenvalue weighted by atomic mass is 10.2. The van der Waals surface area contributed by atoms with E-state index < -0.39 is 0 Å². The Bertz CT molecular complexity index is 538. The Labute approximate surface area is 141 Å². The quantitative estimate of drug-likeness (QED) is 0.904. The van der Waals surface area contributed by atoms with Crippen LogP contribution in [0.2, 0.25) is 0 Å². The fourth-order valence-corrected chi connectivity index (χ4v) is 3.80. The number of aromatic nitrogens is 2. The van der Waals surface area contributed by atoms with Crippen LogP contribution in [-0.2, 0) is 11.2 Å². The molecule has 0 aromatic carbocycles.